The number of hydrogen-bond acceptors (Lipinski definition) is 4. The normalized spacial score (nSPS) is 22.4. The number of rotatable bonds is 5. The maximum absolute atomic E-state index is 12.2. The minimum absolute atomic E-state index is 0.00300. The molecule has 0 bridgehead atoms. The van der Waals surface area contributed by atoms with Gasteiger partial charge in [-0.15, -0.1) is 0 Å². The summed E-state index contributed by atoms with van der Waals surface area (Å²) in [6.45, 7) is 3.91. The van der Waals surface area contributed by atoms with Crippen molar-refractivity contribution in [1.82, 2.24) is 10.0 Å². The number of nitrogens with one attached hydrogen (secondary N) is 2. The molecule has 2 amide bonds. The van der Waals surface area contributed by atoms with Crippen molar-refractivity contribution in [3.05, 3.63) is 29.8 Å². The van der Waals surface area contributed by atoms with Gasteiger partial charge in [0.15, 0.2) is 0 Å². The lowest BCUT2D eigenvalue weighted by atomic mass is 9.87. The molecule has 0 saturated heterocycles. The van der Waals surface area contributed by atoms with E-state index in [0.29, 0.717) is 5.92 Å². The van der Waals surface area contributed by atoms with Gasteiger partial charge in [-0.25, -0.2) is 17.9 Å². The van der Waals surface area contributed by atoms with Crippen LogP contribution in [0.25, 0.3) is 0 Å². The molecule has 1 atom stereocenters. The number of benzene rings is 1. The summed E-state index contributed by atoms with van der Waals surface area (Å²) < 4.78 is 26.5. The Hall–Kier alpha value is -1.89. The van der Waals surface area contributed by atoms with Gasteiger partial charge in [-0.05, 0) is 49.3 Å². The van der Waals surface area contributed by atoms with Crippen LogP contribution in [-0.2, 0) is 14.8 Å². The third-order valence-electron chi connectivity index (χ3n) is 4.50. The van der Waals surface area contributed by atoms with Crippen LogP contribution < -0.4 is 10.0 Å². The fourth-order valence-electron chi connectivity index (χ4n) is 2.83. The molecule has 132 valence electrons. The first kappa shape index (κ1) is 18.4. The first-order valence-electron chi connectivity index (χ1n) is 8.20. The lowest BCUT2D eigenvalue weighted by Gasteiger charge is -2.26. The molecular formula is C17H24N2O4S. The quantitative estimate of drug-likeness (QED) is 0.797. The van der Waals surface area contributed by atoms with Gasteiger partial charge in [0, 0.05) is 12.0 Å². The van der Waals surface area contributed by atoms with E-state index < -0.39 is 16.1 Å². The van der Waals surface area contributed by atoms with E-state index in [1.807, 2.05) is 4.72 Å². The lowest BCUT2D eigenvalue weighted by molar-refractivity contribution is -0.108. The number of carbonyl (C=O) groups excluding carboxylic acids is 2. The van der Waals surface area contributed by atoms with Gasteiger partial charge in [-0.3, -0.25) is 0 Å². The summed E-state index contributed by atoms with van der Waals surface area (Å²) in [7, 11) is -3.92. The Bertz CT molecular complexity index is 677. The van der Waals surface area contributed by atoms with Gasteiger partial charge in [-0.1, -0.05) is 26.0 Å². The summed E-state index contributed by atoms with van der Waals surface area (Å²) in [4.78, 5) is 22.7. The molecule has 1 aliphatic rings. The molecule has 7 heteroatoms. The molecule has 0 aliphatic heterocycles. The Morgan fingerprint density at radius 2 is 1.75 bits per heavy atom. The van der Waals surface area contributed by atoms with Gasteiger partial charge in [-0.2, -0.15) is 0 Å². The molecule has 2 N–H and O–H groups in total. The van der Waals surface area contributed by atoms with Gasteiger partial charge in [0.25, 0.3) is 10.0 Å². The first-order chi connectivity index (χ1) is 11.3. The molecule has 1 aliphatic carbocycles. The molecule has 2 rings (SSSR count). The predicted molar refractivity (Wildman–Crippen MR) is 91.2 cm³/mol. The van der Waals surface area contributed by atoms with Gasteiger partial charge < -0.3 is 10.1 Å². The van der Waals surface area contributed by atoms with E-state index in [9.17, 15) is 18.0 Å². The van der Waals surface area contributed by atoms with Crippen molar-refractivity contribution in [3.63, 3.8) is 0 Å². The second kappa shape index (κ2) is 7.79. The first-order valence-corrected chi connectivity index (χ1v) is 9.68. The molecular weight excluding hydrogens is 328 g/mol. The number of sulfonamides is 1. The standard InChI is InChI=1S/C17H24N2O4S/c1-12-3-7-15(8-4-12)18-17(21)19-24(22,23)16-9-5-14(6-10-16)13(2)11-20/h5-6,9-13,15H,3-4,7-8H2,1-2H3,(H2,18,19,21). The molecule has 0 heterocycles. The molecule has 1 unspecified atom stereocenters. The third kappa shape index (κ3) is 4.80. The van der Waals surface area contributed by atoms with Crippen LogP contribution in [0.4, 0.5) is 4.79 Å². The maximum Gasteiger partial charge on any atom is 0.328 e. The summed E-state index contributed by atoms with van der Waals surface area (Å²) in [5.74, 6) is 0.355. The zero-order valence-electron chi connectivity index (χ0n) is 14.0. The Morgan fingerprint density at radius 1 is 1.17 bits per heavy atom. The molecule has 0 spiro atoms. The average Bonchev–Trinajstić information content (AvgIpc) is 2.56. The molecule has 1 fully saturated rings. The second-order valence-corrected chi connectivity index (χ2v) is 8.21. The molecule has 6 nitrogen and oxygen atoms in total. The topological polar surface area (TPSA) is 92.3 Å². The monoisotopic (exact) mass is 352 g/mol. The molecule has 0 aromatic heterocycles. The zero-order chi connectivity index (χ0) is 17.7. The van der Waals surface area contributed by atoms with E-state index >= 15 is 0 Å². The Balaban J connectivity index is 1.97. The van der Waals surface area contributed by atoms with Crippen LogP contribution in [0.5, 0.6) is 0 Å². The minimum atomic E-state index is -3.92. The molecule has 24 heavy (non-hydrogen) atoms. The van der Waals surface area contributed by atoms with E-state index in [1.54, 1.807) is 19.1 Å². The highest BCUT2D eigenvalue weighted by Gasteiger charge is 2.23. The predicted octanol–water partition coefficient (Wildman–Crippen LogP) is 2.56. The number of aldehydes is 1. The fraction of sp³-hybridized carbons (Fsp3) is 0.529. The van der Waals surface area contributed by atoms with Crippen molar-refractivity contribution in [2.45, 2.75) is 56.4 Å². The van der Waals surface area contributed by atoms with E-state index in [2.05, 4.69) is 12.2 Å². The number of carbonyl (C=O) groups is 2. The highest BCUT2D eigenvalue weighted by atomic mass is 32.2. The Labute approximate surface area is 143 Å². The SMILES string of the molecule is CC1CCC(NC(=O)NS(=O)(=O)c2ccc(C(C)C=O)cc2)CC1. The molecule has 1 aromatic rings. The zero-order valence-corrected chi connectivity index (χ0v) is 14.8. The van der Waals surface area contributed by atoms with Crippen molar-refractivity contribution in [3.8, 4) is 0 Å². The van der Waals surface area contributed by atoms with E-state index in [1.165, 1.54) is 12.1 Å². The molecule has 0 radical (unpaired) electrons. The Kier molecular flexibility index (Phi) is 5.99. The number of urea groups is 1. The van der Waals surface area contributed by atoms with Crippen molar-refractivity contribution < 1.29 is 18.0 Å². The number of amides is 2. The van der Waals surface area contributed by atoms with Crippen LogP contribution in [0.2, 0.25) is 0 Å². The van der Waals surface area contributed by atoms with E-state index in [-0.39, 0.29) is 16.9 Å². The van der Waals surface area contributed by atoms with Crippen molar-refractivity contribution >= 4 is 22.3 Å². The summed E-state index contributed by atoms with van der Waals surface area (Å²) >= 11 is 0. The summed E-state index contributed by atoms with van der Waals surface area (Å²) in [5, 5.41) is 2.73. The smallest absolute Gasteiger partial charge is 0.328 e. The average molecular weight is 352 g/mol. The maximum atomic E-state index is 12.2. The number of hydrogen-bond donors (Lipinski definition) is 2. The second-order valence-electron chi connectivity index (χ2n) is 6.53. The van der Waals surface area contributed by atoms with Crippen molar-refractivity contribution in [2.24, 2.45) is 5.92 Å². The van der Waals surface area contributed by atoms with Crippen LogP contribution in [0, 0.1) is 5.92 Å². The molecule has 1 saturated carbocycles. The third-order valence-corrected chi connectivity index (χ3v) is 5.85. The van der Waals surface area contributed by atoms with E-state index in [4.69, 9.17) is 0 Å². The van der Waals surface area contributed by atoms with E-state index in [0.717, 1.165) is 37.5 Å². The van der Waals surface area contributed by atoms with Gasteiger partial charge in [0.1, 0.15) is 6.29 Å². The largest absolute Gasteiger partial charge is 0.335 e. The van der Waals surface area contributed by atoms with Crippen LogP contribution in [0.1, 0.15) is 51.0 Å². The lowest BCUT2D eigenvalue weighted by Crippen LogP contribution is -2.45. The van der Waals surface area contributed by atoms with Crippen LogP contribution >= 0.6 is 0 Å². The van der Waals surface area contributed by atoms with Crippen molar-refractivity contribution in [1.29, 1.82) is 0 Å². The molecule has 1 aromatic carbocycles. The van der Waals surface area contributed by atoms with Crippen LogP contribution in [-0.4, -0.2) is 26.8 Å². The van der Waals surface area contributed by atoms with Gasteiger partial charge in [0.2, 0.25) is 0 Å². The minimum Gasteiger partial charge on any atom is -0.335 e. The summed E-state index contributed by atoms with van der Waals surface area (Å²) in [6.07, 6.45) is 4.60. The fourth-order valence-corrected chi connectivity index (χ4v) is 3.74. The van der Waals surface area contributed by atoms with Crippen molar-refractivity contribution in [2.75, 3.05) is 0 Å². The Morgan fingerprint density at radius 3 is 2.29 bits per heavy atom. The van der Waals surface area contributed by atoms with Crippen LogP contribution in [0.15, 0.2) is 29.2 Å². The van der Waals surface area contributed by atoms with Gasteiger partial charge in [0.05, 0.1) is 4.90 Å². The summed E-state index contributed by atoms with van der Waals surface area (Å²) in [5.41, 5.74) is 0.727. The van der Waals surface area contributed by atoms with Crippen LogP contribution in [0.3, 0.4) is 0 Å². The summed E-state index contributed by atoms with van der Waals surface area (Å²) in [6, 6.07) is 5.27. The highest BCUT2D eigenvalue weighted by Crippen LogP contribution is 2.23. The highest BCUT2D eigenvalue weighted by molar-refractivity contribution is 7.90. The van der Waals surface area contributed by atoms with Gasteiger partial charge >= 0.3 is 6.03 Å².